The number of halogens is 1. The van der Waals surface area contributed by atoms with E-state index in [9.17, 15) is 14.0 Å². The molecule has 0 atom stereocenters. The minimum Gasteiger partial charge on any atom is -0.483 e. The number of thiocarbonyl (C=S) groups is 1. The van der Waals surface area contributed by atoms with Crippen molar-refractivity contribution in [2.75, 3.05) is 24.6 Å². The van der Waals surface area contributed by atoms with E-state index in [-0.39, 0.29) is 24.2 Å². The molecule has 30 heavy (non-hydrogen) atoms. The van der Waals surface area contributed by atoms with Crippen LogP contribution in [0.25, 0.3) is 6.08 Å². The molecule has 2 aliphatic rings. The van der Waals surface area contributed by atoms with Gasteiger partial charge in [-0.15, -0.1) is 0 Å². The Morgan fingerprint density at radius 2 is 1.83 bits per heavy atom. The summed E-state index contributed by atoms with van der Waals surface area (Å²) in [6.45, 7) is 1.51. The van der Waals surface area contributed by atoms with Crippen molar-refractivity contribution < 1.29 is 18.7 Å². The molecule has 5 nitrogen and oxygen atoms in total. The Balaban J connectivity index is 1.52. The molecule has 0 aromatic heterocycles. The van der Waals surface area contributed by atoms with Crippen molar-refractivity contribution in [3.05, 3.63) is 64.8 Å². The quantitative estimate of drug-likeness (QED) is 0.512. The molecule has 4 rings (SSSR count). The lowest BCUT2D eigenvalue weighted by Crippen LogP contribution is -2.32. The van der Waals surface area contributed by atoms with Crippen molar-refractivity contribution in [3.8, 4) is 5.75 Å². The number of amides is 2. The number of benzene rings is 2. The summed E-state index contributed by atoms with van der Waals surface area (Å²) >= 11 is 6.53. The number of ether oxygens (including phenoxy) is 1. The van der Waals surface area contributed by atoms with Gasteiger partial charge in [-0.3, -0.25) is 14.5 Å². The predicted octanol–water partition coefficient (Wildman–Crippen LogP) is 4.23. The molecule has 2 fully saturated rings. The molecule has 0 bridgehead atoms. The molecule has 2 amide bonds. The number of hydrogen-bond donors (Lipinski definition) is 0. The maximum atomic E-state index is 13.2. The second kappa shape index (κ2) is 8.97. The molecule has 0 N–H and O–H groups in total. The average molecular weight is 443 g/mol. The van der Waals surface area contributed by atoms with Crippen LogP contribution in [0.4, 0.5) is 10.1 Å². The van der Waals surface area contributed by atoms with Crippen LogP contribution in [-0.4, -0.2) is 40.7 Å². The van der Waals surface area contributed by atoms with E-state index in [1.165, 1.54) is 40.9 Å². The van der Waals surface area contributed by atoms with Gasteiger partial charge in [-0.05, 0) is 49.2 Å². The molecule has 8 heteroatoms. The Labute approximate surface area is 183 Å². The van der Waals surface area contributed by atoms with Crippen molar-refractivity contribution in [1.29, 1.82) is 0 Å². The number of para-hydroxylation sites is 1. The van der Waals surface area contributed by atoms with Gasteiger partial charge in [0.15, 0.2) is 10.9 Å². The molecular formula is C22H19FN2O3S2. The molecule has 0 aliphatic carbocycles. The van der Waals surface area contributed by atoms with Gasteiger partial charge in [0, 0.05) is 18.7 Å². The van der Waals surface area contributed by atoms with Gasteiger partial charge in [0.2, 0.25) is 0 Å². The highest BCUT2D eigenvalue weighted by Crippen LogP contribution is 2.37. The van der Waals surface area contributed by atoms with Gasteiger partial charge in [-0.2, -0.15) is 0 Å². The van der Waals surface area contributed by atoms with Crippen molar-refractivity contribution in [1.82, 2.24) is 4.90 Å². The molecule has 2 aliphatic heterocycles. The highest BCUT2D eigenvalue weighted by molar-refractivity contribution is 8.27. The van der Waals surface area contributed by atoms with E-state index >= 15 is 0 Å². The lowest BCUT2D eigenvalue weighted by molar-refractivity contribution is -0.132. The van der Waals surface area contributed by atoms with Crippen molar-refractivity contribution in [2.45, 2.75) is 12.8 Å². The third-order valence-corrected chi connectivity index (χ3v) is 6.20. The normalized spacial score (nSPS) is 17.8. The maximum Gasteiger partial charge on any atom is 0.270 e. The smallest absolute Gasteiger partial charge is 0.270 e. The zero-order valence-electron chi connectivity index (χ0n) is 16.0. The van der Waals surface area contributed by atoms with Crippen LogP contribution in [0, 0.1) is 5.82 Å². The fourth-order valence-corrected chi connectivity index (χ4v) is 4.64. The molecule has 2 aromatic rings. The number of rotatable bonds is 5. The third-order valence-electron chi connectivity index (χ3n) is 4.89. The molecule has 0 unspecified atom stereocenters. The maximum absolute atomic E-state index is 13.2. The molecule has 0 saturated carbocycles. The van der Waals surface area contributed by atoms with E-state index < -0.39 is 0 Å². The van der Waals surface area contributed by atoms with Crippen LogP contribution in [0.3, 0.4) is 0 Å². The van der Waals surface area contributed by atoms with Gasteiger partial charge in [0.1, 0.15) is 11.6 Å². The molecule has 0 spiro atoms. The Morgan fingerprint density at radius 3 is 2.57 bits per heavy atom. The molecule has 154 valence electrons. The second-order valence-electron chi connectivity index (χ2n) is 6.91. The van der Waals surface area contributed by atoms with Crippen LogP contribution in [0.1, 0.15) is 18.4 Å². The number of likely N-dealkylation sites (tertiary alicyclic amines) is 1. The van der Waals surface area contributed by atoms with Gasteiger partial charge >= 0.3 is 0 Å². The minimum absolute atomic E-state index is 0.0371. The van der Waals surface area contributed by atoms with Gasteiger partial charge in [0.25, 0.3) is 11.8 Å². The fraction of sp³-hybridized carbons (Fsp3) is 0.227. The first kappa shape index (κ1) is 20.6. The standard InChI is InChI=1S/C22H19FN2O3S2/c23-16-7-9-17(10-8-16)25-21(27)19(30-22(25)29)13-15-5-1-2-6-18(15)28-14-20(26)24-11-3-4-12-24/h1-2,5-10,13H,3-4,11-12,14H2/b19-13-. The van der Waals surface area contributed by atoms with Crippen LogP contribution >= 0.6 is 24.0 Å². The number of carbonyl (C=O) groups is 2. The summed E-state index contributed by atoms with van der Waals surface area (Å²) in [4.78, 5) is 28.8. The summed E-state index contributed by atoms with van der Waals surface area (Å²) in [5, 5.41) is 0. The van der Waals surface area contributed by atoms with Gasteiger partial charge in [-0.25, -0.2) is 4.39 Å². The molecular weight excluding hydrogens is 423 g/mol. The first-order chi connectivity index (χ1) is 14.5. The Hall–Kier alpha value is -2.71. The number of anilines is 1. The van der Waals surface area contributed by atoms with E-state index in [1.807, 2.05) is 18.2 Å². The van der Waals surface area contributed by atoms with E-state index in [0.29, 0.717) is 26.2 Å². The van der Waals surface area contributed by atoms with Gasteiger partial charge < -0.3 is 9.64 Å². The lowest BCUT2D eigenvalue weighted by Gasteiger charge is -2.16. The molecule has 2 aromatic carbocycles. The van der Waals surface area contributed by atoms with Crippen LogP contribution in [0.15, 0.2) is 53.4 Å². The van der Waals surface area contributed by atoms with Crippen LogP contribution < -0.4 is 9.64 Å². The summed E-state index contributed by atoms with van der Waals surface area (Å²) in [6.07, 6.45) is 3.76. The monoisotopic (exact) mass is 442 g/mol. The van der Waals surface area contributed by atoms with Crippen molar-refractivity contribution >= 4 is 51.9 Å². The molecule has 2 heterocycles. The summed E-state index contributed by atoms with van der Waals surface area (Å²) in [5.41, 5.74) is 1.20. The SMILES string of the molecule is O=C(COc1ccccc1/C=C1\SC(=S)N(c2ccc(F)cc2)C1=O)N1CCCC1. The number of hydrogen-bond acceptors (Lipinski definition) is 5. The Kier molecular flexibility index (Phi) is 6.15. The first-order valence-electron chi connectivity index (χ1n) is 9.56. The molecule has 0 radical (unpaired) electrons. The van der Waals surface area contributed by atoms with Crippen LogP contribution in [0.5, 0.6) is 5.75 Å². The highest BCUT2D eigenvalue weighted by atomic mass is 32.2. The van der Waals surface area contributed by atoms with E-state index in [1.54, 1.807) is 17.0 Å². The summed E-state index contributed by atoms with van der Waals surface area (Å²) in [5.74, 6) is -0.170. The zero-order chi connectivity index (χ0) is 21.1. The van der Waals surface area contributed by atoms with E-state index in [2.05, 4.69) is 0 Å². The lowest BCUT2D eigenvalue weighted by atomic mass is 10.2. The topological polar surface area (TPSA) is 49.9 Å². The van der Waals surface area contributed by atoms with Crippen LogP contribution in [0.2, 0.25) is 0 Å². The van der Waals surface area contributed by atoms with Gasteiger partial charge in [0.05, 0.1) is 10.6 Å². The number of nitrogens with zero attached hydrogens (tertiary/aromatic N) is 2. The summed E-state index contributed by atoms with van der Waals surface area (Å²) < 4.78 is 19.4. The van der Waals surface area contributed by atoms with Crippen LogP contribution in [-0.2, 0) is 9.59 Å². The zero-order valence-corrected chi connectivity index (χ0v) is 17.7. The summed E-state index contributed by atoms with van der Waals surface area (Å²) in [7, 11) is 0. The minimum atomic E-state index is -0.380. The van der Waals surface area contributed by atoms with Crippen molar-refractivity contribution in [3.63, 3.8) is 0 Å². The number of carbonyl (C=O) groups excluding carboxylic acids is 2. The van der Waals surface area contributed by atoms with E-state index in [4.69, 9.17) is 17.0 Å². The second-order valence-corrected chi connectivity index (χ2v) is 8.58. The predicted molar refractivity (Wildman–Crippen MR) is 120 cm³/mol. The largest absolute Gasteiger partial charge is 0.483 e. The van der Waals surface area contributed by atoms with Gasteiger partial charge in [-0.1, -0.05) is 42.2 Å². The van der Waals surface area contributed by atoms with Crippen molar-refractivity contribution in [2.24, 2.45) is 0 Å². The average Bonchev–Trinajstić information content (AvgIpc) is 3.37. The number of thioether (sulfide) groups is 1. The summed E-state index contributed by atoms with van der Waals surface area (Å²) in [6, 6.07) is 12.9. The molecule has 2 saturated heterocycles. The van der Waals surface area contributed by atoms with E-state index in [0.717, 1.165) is 25.9 Å². The Bertz CT molecular complexity index is 1020. The fourth-order valence-electron chi connectivity index (χ4n) is 3.35. The highest BCUT2D eigenvalue weighted by Gasteiger charge is 2.33. The third kappa shape index (κ3) is 4.39. The Morgan fingerprint density at radius 1 is 1.13 bits per heavy atom. The first-order valence-corrected chi connectivity index (χ1v) is 10.8.